The molecule has 4 rings (SSSR count). The molecular formula is C37H56N4O2. The molecule has 4 atom stereocenters. The van der Waals surface area contributed by atoms with Gasteiger partial charge in [-0.3, -0.25) is 19.8 Å². The summed E-state index contributed by atoms with van der Waals surface area (Å²) in [4.78, 5) is 14.6. The Balaban J connectivity index is 1.82. The van der Waals surface area contributed by atoms with Crippen molar-refractivity contribution in [3.63, 3.8) is 0 Å². The normalized spacial score (nSPS) is 26.6. The SMILES string of the molecule is CC1CC(C)/N=C/c2cc(C(C)(C)C)cc(c2O)CN(C)C2CCCCC2N(C)Cc2cc(C(C)(C)C)cc(c2O)/C=N/1. The van der Waals surface area contributed by atoms with Crippen molar-refractivity contribution in [2.24, 2.45) is 9.98 Å². The first kappa shape index (κ1) is 33.2. The third kappa shape index (κ3) is 8.07. The lowest BCUT2D eigenvalue weighted by atomic mass is 9.84. The van der Waals surface area contributed by atoms with Crippen LogP contribution >= 0.6 is 0 Å². The molecule has 0 radical (unpaired) electrons. The second-order valence-corrected chi connectivity index (χ2v) is 15.4. The highest BCUT2D eigenvalue weighted by atomic mass is 16.3. The molecule has 4 unspecified atom stereocenters. The zero-order valence-corrected chi connectivity index (χ0v) is 28.4. The molecule has 6 heteroatoms. The molecule has 2 aliphatic rings. The molecule has 6 nitrogen and oxygen atoms in total. The van der Waals surface area contributed by atoms with Gasteiger partial charge in [-0.25, -0.2) is 0 Å². The Labute approximate surface area is 260 Å². The summed E-state index contributed by atoms with van der Waals surface area (Å²) in [6.45, 7) is 18.9. The van der Waals surface area contributed by atoms with Crippen molar-refractivity contribution in [1.29, 1.82) is 0 Å². The summed E-state index contributed by atoms with van der Waals surface area (Å²) in [6, 6.07) is 9.29. The first-order valence-corrected chi connectivity index (χ1v) is 16.2. The van der Waals surface area contributed by atoms with Gasteiger partial charge in [0.2, 0.25) is 0 Å². The predicted molar refractivity (Wildman–Crippen MR) is 181 cm³/mol. The van der Waals surface area contributed by atoms with Crippen LogP contribution in [0.25, 0.3) is 0 Å². The molecule has 0 aromatic heterocycles. The van der Waals surface area contributed by atoms with E-state index in [1.807, 2.05) is 12.4 Å². The van der Waals surface area contributed by atoms with Gasteiger partial charge in [0.25, 0.3) is 0 Å². The van der Waals surface area contributed by atoms with E-state index in [9.17, 15) is 10.2 Å². The number of hydrogen-bond acceptors (Lipinski definition) is 6. The second kappa shape index (κ2) is 13.1. The maximum absolute atomic E-state index is 11.5. The lowest BCUT2D eigenvalue weighted by Gasteiger charge is -2.43. The lowest BCUT2D eigenvalue weighted by molar-refractivity contribution is 0.0684. The minimum absolute atomic E-state index is 0.0276. The number of phenols is 2. The van der Waals surface area contributed by atoms with Crippen molar-refractivity contribution in [2.45, 2.75) is 136 Å². The van der Waals surface area contributed by atoms with Gasteiger partial charge >= 0.3 is 0 Å². The van der Waals surface area contributed by atoms with Crippen LogP contribution in [0.15, 0.2) is 34.3 Å². The van der Waals surface area contributed by atoms with Gasteiger partial charge in [-0.1, -0.05) is 66.5 Å². The zero-order valence-electron chi connectivity index (χ0n) is 28.4. The van der Waals surface area contributed by atoms with Crippen LogP contribution < -0.4 is 0 Å². The van der Waals surface area contributed by atoms with Crippen LogP contribution in [0, 0.1) is 0 Å². The molecule has 0 spiro atoms. The van der Waals surface area contributed by atoms with E-state index >= 15 is 0 Å². The third-order valence-electron chi connectivity index (χ3n) is 9.45. The number of phenolic OH excluding ortho intramolecular Hbond substituents is 2. The van der Waals surface area contributed by atoms with Crippen LogP contribution in [0.1, 0.15) is 121 Å². The van der Waals surface area contributed by atoms with Crippen molar-refractivity contribution in [3.05, 3.63) is 57.6 Å². The number of aromatic hydroxyl groups is 2. The molecule has 2 aromatic carbocycles. The van der Waals surface area contributed by atoms with Crippen LogP contribution in [-0.4, -0.2) is 70.7 Å². The highest BCUT2D eigenvalue weighted by molar-refractivity contribution is 5.85. The Hall–Kier alpha value is -2.70. The quantitative estimate of drug-likeness (QED) is 0.333. The first-order chi connectivity index (χ1) is 20.0. The summed E-state index contributed by atoms with van der Waals surface area (Å²) in [5, 5.41) is 23.0. The van der Waals surface area contributed by atoms with Gasteiger partial charge in [0.1, 0.15) is 11.5 Å². The molecule has 1 heterocycles. The van der Waals surface area contributed by atoms with E-state index in [1.54, 1.807) is 0 Å². The topological polar surface area (TPSA) is 71.7 Å². The molecule has 1 fully saturated rings. The summed E-state index contributed by atoms with van der Waals surface area (Å²) in [7, 11) is 4.40. The van der Waals surface area contributed by atoms with Crippen molar-refractivity contribution >= 4 is 12.4 Å². The van der Waals surface area contributed by atoms with E-state index in [0.29, 0.717) is 36.7 Å². The van der Waals surface area contributed by atoms with Crippen LogP contribution in [-0.2, 0) is 23.9 Å². The molecule has 2 N–H and O–H groups in total. The molecule has 2 aromatic rings. The summed E-state index contributed by atoms with van der Waals surface area (Å²) in [5.41, 5.74) is 5.77. The van der Waals surface area contributed by atoms with E-state index in [1.165, 1.54) is 24.0 Å². The standard InChI is InChI=1S/C37H56N4O2/c1-24-15-25(2)39-21-27-17-31(37(6,7)8)19-29(35(27)43)23-41(10)33-14-12-11-13-32(33)40(9)22-28-18-30(36(3,4)5)16-26(20-38-24)34(28)42/h16-21,24-25,32-33,42-43H,11-15,22-23H2,1-10H3/b38-20+,39-21+. The largest absolute Gasteiger partial charge is 0.507 e. The Bertz CT molecular complexity index is 1230. The zero-order chi connectivity index (χ0) is 31.7. The Morgan fingerprint density at radius 1 is 0.651 bits per heavy atom. The van der Waals surface area contributed by atoms with Crippen LogP contribution in [0.3, 0.4) is 0 Å². The number of rotatable bonds is 0. The lowest BCUT2D eigenvalue weighted by Crippen LogP contribution is -2.50. The van der Waals surface area contributed by atoms with Gasteiger partial charge < -0.3 is 10.2 Å². The van der Waals surface area contributed by atoms with Crippen molar-refractivity contribution in [3.8, 4) is 11.5 Å². The van der Waals surface area contributed by atoms with Gasteiger partial charge in [-0.2, -0.15) is 0 Å². The second-order valence-electron chi connectivity index (χ2n) is 15.4. The highest BCUT2D eigenvalue weighted by Crippen LogP contribution is 2.36. The third-order valence-corrected chi connectivity index (χ3v) is 9.45. The maximum Gasteiger partial charge on any atom is 0.128 e. The molecule has 1 aliphatic carbocycles. The monoisotopic (exact) mass is 588 g/mol. The molecule has 43 heavy (non-hydrogen) atoms. The number of benzene rings is 2. The van der Waals surface area contributed by atoms with Gasteiger partial charge in [-0.15, -0.1) is 0 Å². The van der Waals surface area contributed by atoms with Crippen molar-refractivity contribution in [2.75, 3.05) is 14.1 Å². The minimum atomic E-state index is -0.0526. The van der Waals surface area contributed by atoms with E-state index < -0.39 is 0 Å². The van der Waals surface area contributed by atoms with Gasteiger partial charge in [0.15, 0.2) is 0 Å². The molecule has 0 amide bonds. The average molecular weight is 589 g/mol. The highest BCUT2D eigenvalue weighted by Gasteiger charge is 2.33. The Morgan fingerprint density at radius 2 is 1.02 bits per heavy atom. The summed E-state index contributed by atoms with van der Waals surface area (Å²) in [6.07, 6.45) is 9.10. The Kier molecular flexibility index (Phi) is 10.1. The van der Waals surface area contributed by atoms with Crippen LogP contribution in [0.2, 0.25) is 0 Å². The summed E-state index contributed by atoms with van der Waals surface area (Å²) in [5.74, 6) is 0.660. The number of fused-ring (bicyclic) bond motifs is 5. The van der Waals surface area contributed by atoms with Crippen LogP contribution in [0.4, 0.5) is 0 Å². The molecule has 4 bridgehead atoms. The van der Waals surface area contributed by atoms with Crippen molar-refractivity contribution in [1.82, 2.24) is 9.80 Å². The predicted octanol–water partition coefficient (Wildman–Crippen LogP) is 7.59. The molecular weight excluding hydrogens is 532 g/mol. The number of nitrogens with zero attached hydrogens (tertiary/aromatic N) is 4. The fourth-order valence-electron chi connectivity index (χ4n) is 6.66. The van der Waals surface area contributed by atoms with Gasteiger partial charge in [-0.05, 0) is 81.3 Å². The molecule has 236 valence electrons. The van der Waals surface area contributed by atoms with Gasteiger partial charge in [0.05, 0.1) is 0 Å². The summed E-state index contributed by atoms with van der Waals surface area (Å²) >= 11 is 0. The molecule has 0 saturated heterocycles. The average Bonchev–Trinajstić information content (AvgIpc) is 2.92. The minimum Gasteiger partial charge on any atom is -0.507 e. The van der Waals surface area contributed by atoms with E-state index in [0.717, 1.165) is 41.5 Å². The maximum atomic E-state index is 11.5. The number of likely N-dealkylation sites (N-methyl/N-ethyl adjacent to an activating group) is 2. The fraction of sp³-hybridized carbons (Fsp3) is 0.622. The van der Waals surface area contributed by atoms with E-state index in [4.69, 9.17) is 9.98 Å². The number of hydrogen-bond donors (Lipinski definition) is 2. The summed E-state index contributed by atoms with van der Waals surface area (Å²) < 4.78 is 0. The number of aliphatic imine (C=N–C) groups is 2. The molecule has 1 saturated carbocycles. The smallest absolute Gasteiger partial charge is 0.128 e. The van der Waals surface area contributed by atoms with E-state index in [2.05, 4.69) is 104 Å². The first-order valence-electron chi connectivity index (χ1n) is 16.2. The van der Waals surface area contributed by atoms with Gasteiger partial charge in [0, 0.05) is 71.9 Å². The van der Waals surface area contributed by atoms with E-state index in [-0.39, 0.29) is 22.9 Å². The molecule has 1 aliphatic heterocycles. The fourth-order valence-corrected chi connectivity index (χ4v) is 6.66. The van der Waals surface area contributed by atoms with Crippen molar-refractivity contribution < 1.29 is 10.2 Å². The Morgan fingerprint density at radius 3 is 1.37 bits per heavy atom. The van der Waals surface area contributed by atoms with Crippen LogP contribution in [0.5, 0.6) is 11.5 Å².